The number of carbonyl (C=O) groups is 1. The Morgan fingerprint density at radius 1 is 1.06 bits per heavy atom. The Morgan fingerprint density at radius 3 is 2.52 bits per heavy atom. The number of carbonyl (C=O) groups excluding carboxylic acids is 1. The number of halogens is 3. The molecule has 33 heavy (non-hydrogen) atoms. The van der Waals surface area contributed by atoms with E-state index in [0.29, 0.717) is 54.4 Å². The monoisotopic (exact) mass is 470 g/mol. The fourth-order valence-corrected chi connectivity index (χ4v) is 4.43. The predicted octanol–water partition coefficient (Wildman–Crippen LogP) is 5.94. The molecule has 1 fully saturated rings. The van der Waals surface area contributed by atoms with E-state index in [9.17, 15) is 13.6 Å². The summed E-state index contributed by atoms with van der Waals surface area (Å²) in [5.74, 6) is -0.580. The van der Waals surface area contributed by atoms with Crippen LogP contribution >= 0.6 is 11.6 Å². The van der Waals surface area contributed by atoms with Gasteiger partial charge in [-0.1, -0.05) is 29.8 Å². The molecule has 3 aromatic carbocycles. The minimum absolute atomic E-state index is 0.0436. The first-order valence-corrected chi connectivity index (χ1v) is 11.2. The number of ether oxygens (including phenoxy) is 1. The fraction of sp³-hybridized carbons (Fsp3) is 0.269. The van der Waals surface area contributed by atoms with Gasteiger partial charge in [-0.25, -0.2) is 8.78 Å². The molecule has 1 aliphatic rings. The lowest BCUT2D eigenvalue weighted by Gasteiger charge is -2.39. The number of benzene rings is 3. The molecule has 1 aliphatic heterocycles. The molecule has 4 nitrogen and oxygen atoms in total. The Bertz CT molecular complexity index is 1130. The minimum atomic E-state index is -0.580. The van der Waals surface area contributed by atoms with Crippen molar-refractivity contribution in [1.82, 2.24) is 4.90 Å². The van der Waals surface area contributed by atoms with E-state index in [1.807, 2.05) is 29.2 Å². The first-order chi connectivity index (χ1) is 15.9. The molecule has 1 amide bonds. The van der Waals surface area contributed by atoms with E-state index in [1.165, 1.54) is 12.1 Å². The second-order valence-electron chi connectivity index (χ2n) is 8.13. The van der Waals surface area contributed by atoms with E-state index >= 15 is 0 Å². The number of hydrogen-bond donors (Lipinski definition) is 0. The molecular weight excluding hydrogens is 446 g/mol. The molecule has 1 heterocycles. The van der Waals surface area contributed by atoms with E-state index < -0.39 is 11.6 Å². The van der Waals surface area contributed by atoms with Gasteiger partial charge in [-0.15, -0.1) is 0 Å². The third-order valence-corrected chi connectivity index (χ3v) is 6.19. The van der Waals surface area contributed by atoms with Crippen molar-refractivity contribution in [2.45, 2.75) is 25.4 Å². The standard InChI is InChI=1S/C26H25ClF2N2O2/c1-33-24-7-3-6-23(16-24)31(26(32)18-4-2-5-20(27)14-18)22-10-12-30(13-11-22)17-19-8-9-21(28)15-25(19)29/h2-9,14-16,22H,10-13,17H2,1H3. The van der Waals surface area contributed by atoms with Crippen LogP contribution in [-0.4, -0.2) is 37.0 Å². The lowest BCUT2D eigenvalue weighted by atomic mass is 10.00. The molecule has 0 aromatic heterocycles. The van der Waals surface area contributed by atoms with Crippen molar-refractivity contribution in [1.29, 1.82) is 0 Å². The molecule has 0 N–H and O–H groups in total. The second kappa shape index (κ2) is 10.3. The minimum Gasteiger partial charge on any atom is -0.497 e. The maximum Gasteiger partial charge on any atom is 0.258 e. The van der Waals surface area contributed by atoms with Crippen LogP contribution in [0.1, 0.15) is 28.8 Å². The van der Waals surface area contributed by atoms with Crippen LogP contribution in [0.2, 0.25) is 5.02 Å². The average Bonchev–Trinajstić information content (AvgIpc) is 2.82. The highest BCUT2D eigenvalue weighted by Gasteiger charge is 2.30. The summed E-state index contributed by atoms with van der Waals surface area (Å²) < 4.78 is 32.7. The van der Waals surface area contributed by atoms with Crippen molar-refractivity contribution in [2.24, 2.45) is 0 Å². The summed E-state index contributed by atoms with van der Waals surface area (Å²) in [4.78, 5) is 17.5. The number of methoxy groups -OCH3 is 1. The summed E-state index contributed by atoms with van der Waals surface area (Å²) >= 11 is 6.14. The summed E-state index contributed by atoms with van der Waals surface area (Å²) in [5, 5.41) is 0.502. The van der Waals surface area contributed by atoms with Crippen LogP contribution in [0.4, 0.5) is 14.5 Å². The molecule has 3 aromatic rings. The highest BCUT2D eigenvalue weighted by molar-refractivity contribution is 6.31. The molecule has 0 aliphatic carbocycles. The first-order valence-electron chi connectivity index (χ1n) is 10.8. The van der Waals surface area contributed by atoms with E-state index in [4.69, 9.17) is 16.3 Å². The van der Waals surface area contributed by atoms with Gasteiger partial charge in [-0.05, 0) is 49.2 Å². The highest BCUT2D eigenvalue weighted by atomic mass is 35.5. The zero-order chi connectivity index (χ0) is 23.4. The van der Waals surface area contributed by atoms with Crippen LogP contribution in [0.5, 0.6) is 5.75 Å². The molecule has 4 rings (SSSR count). The molecule has 0 spiro atoms. The van der Waals surface area contributed by atoms with Crippen molar-refractivity contribution in [2.75, 3.05) is 25.1 Å². The first kappa shape index (κ1) is 23.2. The second-order valence-corrected chi connectivity index (χ2v) is 8.57. The van der Waals surface area contributed by atoms with Gasteiger partial charge in [0.05, 0.1) is 7.11 Å². The Hall–Kier alpha value is -2.96. The maximum atomic E-state index is 14.1. The Labute approximate surface area is 197 Å². The fourth-order valence-electron chi connectivity index (χ4n) is 4.24. The molecule has 0 unspecified atom stereocenters. The van der Waals surface area contributed by atoms with Gasteiger partial charge in [-0.3, -0.25) is 9.69 Å². The topological polar surface area (TPSA) is 32.8 Å². The third kappa shape index (κ3) is 5.52. The summed E-state index contributed by atoms with van der Waals surface area (Å²) in [7, 11) is 1.59. The summed E-state index contributed by atoms with van der Waals surface area (Å²) in [6.45, 7) is 1.77. The number of nitrogens with zero attached hydrogens (tertiary/aromatic N) is 2. The van der Waals surface area contributed by atoms with Crippen LogP contribution in [0.25, 0.3) is 0 Å². The lowest BCUT2D eigenvalue weighted by Crippen LogP contribution is -2.47. The van der Waals surface area contributed by atoms with E-state index in [-0.39, 0.29) is 11.9 Å². The number of rotatable bonds is 6. The zero-order valence-corrected chi connectivity index (χ0v) is 19.1. The summed E-state index contributed by atoms with van der Waals surface area (Å²) in [6.07, 6.45) is 1.43. The molecule has 0 radical (unpaired) electrons. The SMILES string of the molecule is COc1cccc(N(C(=O)c2cccc(Cl)c2)C2CCN(Cc3ccc(F)cc3F)CC2)c1. The van der Waals surface area contributed by atoms with Gasteiger partial charge in [0.2, 0.25) is 0 Å². The molecule has 1 saturated heterocycles. The zero-order valence-electron chi connectivity index (χ0n) is 18.3. The quantitative estimate of drug-likeness (QED) is 0.447. The molecular formula is C26H25ClF2N2O2. The third-order valence-electron chi connectivity index (χ3n) is 5.95. The molecule has 172 valence electrons. The van der Waals surface area contributed by atoms with Gasteiger partial charge >= 0.3 is 0 Å². The Morgan fingerprint density at radius 2 is 1.82 bits per heavy atom. The van der Waals surface area contributed by atoms with Gasteiger partial charge in [0.25, 0.3) is 5.91 Å². The van der Waals surface area contributed by atoms with Crippen molar-refractivity contribution in [3.63, 3.8) is 0 Å². The van der Waals surface area contributed by atoms with Gasteiger partial charge in [0.15, 0.2) is 0 Å². The normalized spacial score (nSPS) is 14.8. The van der Waals surface area contributed by atoms with E-state index in [1.54, 1.807) is 31.4 Å². The van der Waals surface area contributed by atoms with E-state index in [0.717, 1.165) is 11.8 Å². The van der Waals surface area contributed by atoms with Crippen LogP contribution in [0.3, 0.4) is 0 Å². The van der Waals surface area contributed by atoms with Crippen LogP contribution in [0.15, 0.2) is 66.7 Å². The number of anilines is 1. The molecule has 0 atom stereocenters. The van der Waals surface area contributed by atoms with Gasteiger partial charge < -0.3 is 9.64 Å². The largest absolute Gasteiger partial charge is 0.497 e. The van der Waals surface area contributed by atoms with Crippen molar-refractivity contribution in [3.05, 3.63) is 94.5 Å². The number of piperidine rings is 1. The molecule has 7 heteroatoms. The average molecular weight is 471 g/mol. The van der Waals surface area contributed by atoms with Crippen molar-refractivity contribution < 1.29 is 18.3 Å². The van der Waals surface area contributed by atoms with Crippen molar-refractivity contribution >= 4 is 23.2 Å². The smallest absolute Gasteiger partial charge is 0.258 e. The number of hydrogen-bond acceptors (Lipinski definition) is 3. The Balaban J connectivity index is 1.54. The van der Waals surface area contributed by atoms with Gasteiger partial charge in [-0.2, -0.15) is 0 Å². The Kier molecular flexibility index (Phi) is 7.26. The van der Waals surface area contributed by atoms with Crippen LogP contribution < -0.4 is 9.64 Å². The summed E-state index contributed by atoms with van der Waals surface area (Å²) in [5.41, 5.74) is 1.73. The molecule has 0 bridgehead atoms. The molecule has 0 saturated carbocycles. The summed E-state index contributed by atoms with van der Waals surface area (Å²) in [6, 6.07) is 18.0. The highest BCUT2D eigenvalue weighted by Crippen LogP contribution is 2.30. The lowest BCUT2D eigenvalue weighted by molar-refractivity contribution is 0.0958. The predicted molar refractivity (Wildman–Crippen MR) is 126 cm³/mol. The number of amides is 1. The van der Waals surface area contributed by atoms with Gasteiger partial charge in [0, 0.05) is 59.6 Å². The van der Waals surface area contributed by atoms with Gasteiger partial charge in [0.1, 0.15) is 17.4 Å². The van der Waals surface area contributed by atoms with E-state index in [2.05, 4.69) is 4.90 Å². The van der Waals surface area contributed by atoms with Crippen LogP contribution in [0, 0.1) is 11.6 Å². The van der Waals surface area contributed by atoms with Crippen molar-refractivity contribution in [3.8, 4) is 5.75 Å². The maximum absolute atomic E-state index is 14.1. The van der Waals surface area contributed by atoms with Crippen LogP contribution in [-0.2, 0) is 6.54 Å². The number of likely N-dealkylation sites (tertiary alicyclic amines) is 1.